The summed E-state index contributed by atoms with van der Waals surface area (Å²) in [5.74, 6) is 0.641. The number of carbonyl (C=O) groups excluding carboxylic acids is 2. The molecule has 0 aliphatic rings. The molecule has 98 valence electrons. The molecular weight excluding hydrogens is 248 g/mol. The summed E-state index contributed by atoms with van der Waals surface area (Å²) >= 11 is 1.33. The zero-order valence-corrected chi connectivity index (χ0v) is 11.0. The van der Waals surface area contributed by atoms with E-state index in [-0.39, 0.29) is 11.7 Å². The van der Waals surface area contributed by atoms with Gasteiger partial charge in [0.2, 0.25) is 5.91 Å². The van der Waals surface area contributed by atoms with Crippen LogP contribution in [0.4, 0.5) is 0 Å². The van der Waals surface area contributed by atoms with Crippen LogP contribution in [0.3, 0.4) is 0 Å². The van der Waals surface area contributed by atoms with E-state index >= 15 is 0 Å². The molecule has 1 aromatic rings. The summed E-state index contributed by atoms with van der Waals surface area (Å²) in [5.41, 5.74) is 6.01. The maximum absolute atomic E-state index is 11.7. The first-order valence-electron chi connectivity index (χ1n) is 5.87. The van der Waals surface area contributed by atoms with Gasteiger partial charge in [0.15, 0.2) is 5.78 Å². The average Bonchev–Trinajstić information content (AvgIpc) is 2.40. The standard InChI is InChI=1S/C13H18N2O2S/c14-7-4-8-15-13(17)10-18-9-12(16)11-5-2-1-3-6-11/h1-3,5-6H,4,7-10,14H2,(H,15,17). The van der Waals surface area contributed by atoms with Gasteiger partial charge in [0.05, 0.1) is 11.5 Å². The third-order valence-corrected chi connectivity index (χ3v) is 3.20. The summed E-state index contributed by atoms with van der Waals surface area (Å²) < 4.78 is 0. The van der Waals surface area contributed by atoms with Gasteiger partial charge in [-0.2, -0.15) is 0 Å². The maximum atomic E-state index is 11.7. The Morgan fingerprint density at radius 1 is 1.17 bits per heavy atom. The predicted molar refractivity (Wildman–Crippen MR) is 74.8 cm³/mol. The van der Waals surface area contributed by atoms with Gasteiger partial charge in [0.25, 0.3) is 0 Å². The first kappa shape index (κ1) is 14.7. The Hall–Kier alpha value is -1.33. The van der Waals surface area contributed by atoms with Gasteiger partial charge < -0.3 is 11.1 Å². The molecule has 0 saturated heterocycles. The van der Waals surface area contributed by atoms with Gasteiger partial charge in [0.1, 0.15) is 0 Å². The van der Waals surface area contributed by atoms with Gasteiger partial charge in [-0.3, -0.25) is 9.59 Å². The van der Waals surface area contributed by atoms with Gasteiger partial charge in [-0.25, -0.2) is 0 Å². The molecule has 0 fully saturated rings. The van der Waals surface area contributed by atoms with E-state index in [0.717, 1.165) is 6.42 Å². The second-order valence-electron chi connectivity index (χ2n) is 3.77. The molecule has 0 unspecified atom stereocenters. The third-order valence-electron chi connectivity index (χ3n) is 2.27. The average molecular weight is 266 g/mol. The van der Waals surface area contributed by atoms with Gasteiger partial charge in [0, 0.05) is 12.1 Å². The zero-order chi connectivity index (χ0) is 13.2. The molecule has 1 amide bonds. The Kier molecular flexibility index (Phi) is 7.13. The molecule has 0 radical (unpaired) electrons. The highest BCUT2D eigenvalue weighted by molar-refractivity contribution is 8.00. The summed E-state index contributed by atoms with van der Waals surface area (Å²) in [6.07, 6.45) is 0.777. The second kappa shape index (κ2) is 8.72. The molecule has 18 heavy (non-hydrogen) atoms. The van der Waals surface area contributed by atoms with Crippen molar-refractivity contribution in [3.05, 3.63) is 35.9 Å². The van der Waals surface area contributed by atoms with Crippen LogP contribution in [-0.2, 0) is 4.79 Å². The molecule has 3 N–H and O–H groups in total. The highest BCUT2D eigenvalue weighted by atomic mass is 32.2. The van der Waals surface area contributed by atoms with Crippen molar-refractivity contribution in [2.24, 2.45) is 5.73 Å². The molecule has 0 aliphatic heterocycles. The monoisotopic (exact) mass is 266 g/mol. The summed E-state index contributed by atoms with van der Waals surface area (Å²) in [6, 6.07) is 9.10. The van der Waals surface area contributed by atoms with Crippen LogP contribution in [0.2, 0.25) is 0 Å². The lowest BCUT2D eigenvalue weighted by Crippen LogP contribution is -2.27. The minimum Gasteiger partial charge on any atom is -0.355 e. The van der Waals surface area contributed by atoms with E-state index in [0.29, 0.717) is 30.2 Å². The lowest BCUT2D eigenvalue weighted by Gasteiger charge is -2.04. The molecule has 1 aromatic carbocycles. The molecule has 0 aliphatic carbocycles. The van der Waals surface area contributed by atoms with Crippen molar-refractivity contribution in [3.8, 4) is 0 Å². The van der Waals surface area contributed by atoms with Gasteiger partial charge in [-0.15, -0.1) is 11.8 Å². The van der Waals surface area contributed by atoms with Crippen molar-refractivity contribution in [1.29, 1.82) is 0 Å². The number of hydrogen-bond donors (Lipinski definition) is 2. The van der Waals surface area contributed by atoms with Crippen LogP contribution < -0.4 is 11.1 Å². The van der Waals surface area contributed by atoms with Crippen LogP contribution >= 0.6 is 11.8 Å². The summed E-state index contributed by atoms with van der Waals surface area (Å²) in [5, 5.41) is 2.75. The van der Waals surface area contributed by atoms with Crippen molar-refractivity contribution in [2.45, 2.75) is 6.42 Å². The Bertz CT molecular complexity index is 382. The Labute approximate surface area is 111 Å². The molecule has 1 rings (SSSR count). The van der Waals surface area contributed by atoms with Crippen LogP contribution in [0.15, 0.2) is 30.3 Å². The molecule has 0 saturated carbocycles. The van der Waals surface area contributed by atoms with Gasteiger partial charge in [-0.05, 0) is 13.0 Å². The number of nitrogens with one attached hydrogen (secondary N) is 1. The number of Topliss-reactive ketones (excluding diaryl/α,β-unsaturated/α-hetero) is 1. The van der Waals surface area contributed by atoms with Crippen LogP contribution in [0.1, 0.15) is 16.8 Å². The molecule has 0 spiro atoms. The number of ketones is 1. The largest absolute Gasteiger partial charge is 0.355 e. The van der Waals surface area contributed by atoms with Crippen molar-refractivity contribution >= 4 is 23.5 Å². The fourth-order valence-electron chi connectivity index (χ4n) is 1.32. The van der Waals surface area contributed by atoms with Crippen molar-refractivity contribution in [3.63, 3.8) is 0 Å². The van der Waals surface area contributed by atoms with E-state index in [1.54, 1.807) is 12.1 Å². The normalized spacial score (nSPS) is 10.1. The van der Waals surface area contributed by atoms with Crippen LogP contribution in [0.25, 0.3) is 0 Å². The SMILES string of the molecule is NCCCNC(=O)CSCC(=O)c1ccccc1. The van der Waals surface area contributed by atoms with E-state index in [1.807, 2.05) is 18.2 Å². The van der Waals surface area contributed by atoms with Gasteiger partial charge >= 0.3 is 0 Å². The number of thioether (sulfide) groups is 1. The molecule has 0 bridgehead atoms. The van der Waals surface area contributed by atoms with Crippen molar-refractivity contribution < 1.29 is 9.59 Å². The minimum atomic E-state index is -0.0469. The van der Waals surface area contributed by atoms with Crippen LogP contribution in [-0.4, -0.2) is 36.3 Å². The number of nitrogens with two attached hydrogens (primary N) is 1. The maximum Gasteiger partial charge on any atom is 0.230 e. The predicted octanol–water partition coefficient (Wildman–Crippen LogP) is 1.07. The smallest absolute Gasteiger partial charge is 0.230 e. The quantitative estimate of drug-likeness (QED) is 0.545. The molecule has 4 nitrogen and oxygen atoms in total. The van der Waals surface area contributed by atoms with Crippen LogP contribution in [0, 0.1) is 0 Å². The summed E-state index contributed by atoms with van der Waals surface area (Å²) in [6.45, 7) is 1.17. The molecule has 0 heterocycles. The zero-order valence-electron chi connectivity index (χ0n) is 10.2. The topological polar surface area (TPSA) is 72.2 Å². The number of benzene rings is 1. The minimum absolute atomic E-state index is 0.0469. The Balaban J connectivity index is 2.18. The van der Waals surface area contributed by atoms with E-state index < -0.39 is 0 Å². The first-order valence-corrected chi connectivity index (χ1v) is 7.02. The fraction of sp³-hybridized carbons (Fsp3) is 0.385. The number of carbonyl (C=O) groups is 2. The van der Waals surface area contributed by atoms with E-state index in [9.17, 15) is 9.59 Å². The number of hydrogen-bond acceptors (Lipinski definition) is 4. The molecule has 5 heteroatoms. The lowest BCUT2D eigenvalue weighted by molar-refractivity contribution is -0.118. The van der Waals surface area contributed by atoms with E-state index in [2.05, 4.69) is 5.32 Å². The van der Waals surface area contributed by atoms with Crippen molar-refractivity contribution in [2.75, 3.05) is 24.6 Å². The highest BCUT2D eigenvalue weighted by Crippen LogP contribution is 2.06. The molecule has 0 aromatic heterocycles. The number of rotatable bonds is 8. The first-order chi connectivity index (χ1) is 8.74. The summed E-state index contributed by atoms with van der Waals surface area (Å²) in [4.78, 5) is 23.1. The Morgan fingerprint density at radius 2 is 1.89 bits per heavy atom. The second-order valence-corrected chi connectivity index (χ2v) is 4.76. The molecule has 0 atom stereocenters. The third kappa shape index (κ3) is 5.84. The Morgan fingerprint density at radius 3 is 2.56 bits per heavy atom. The van der Waals surface area contributed by atoms with Crippen molar-refractivity contribution in [1.82, 2.24) is 5.32 Å². The van der Waals surface area contributed by atoms with Crippen LogP contribution in [0.5, 0.6) is 0 Å². The van der Waals surface area contributed by atoms with E-state index in [4.69, 9.17) is 5.73 Å². The molecular formula is C13H18N2O2S. The number of amides is 1. The van der Waals surface area contributed by atoms with Gasteiger partial charge in [-0.1, -0.05) is 30.3 Å². The highest BCUT2D eigenvalue weighted by Gasteiger charge is 2.07. The summed E-state index contributed by atoms with van der Waals surface area (Å²) in [7, 11) is 0. The van der Waals surface area contributed by atoms with E-state index in [1.165, 1.54) is 11.8 Å². The fourth-order valence-corrected chi connectivity index (χ4v) is 2.07. The lowest BCUT2D eigenvalue weighted by atomic mass is 10.2.